The molecule has 2 aromatic rings. The lowest BCUT2D eigenvalue weighted by Crippen LogP contribution is -1.97. The van der Waals surface area contributed by atoms with Gasteiger partial charge >= 0.3 is 0 Å². The van der Waals surface area contributed by atoms with Gasteiger partial charge in [-0.25, -0.2) is 4.98 Å². The van der Waals surface area contributed by atoms with Crippen molar-refractivity contribution in [2.24, 2.45) is 0 Å². The van der Waals surface area contributed by atoms with Gasteiger partial charge in [-0.1, -0.05) is 0 Å². The highest BCUT2D eigenvalue weighted by Crippen LogP contribution is 2.33. The Labute approximate surface area is 115 Å². The third kappa shape index (κ3) is 2.61. The van der Waals surface area contributed by atoms with E-state index in [4.69, 9.17) is 15.2 Å². The predicted molar refractivity (Wildman–Crippen MR) is 73.8 cm³/mol. The Bertz CT molecular complexity index is 658. The maximum atomic E-state index is 10.8. The Hall–Kier alpha value is -2.83. The number of methoxy groups -OCH3 is 2. The molecule has 1 aromatic carbocycles. The standard InChI is InChI=1S/C13H13N3O4/c1-19-11-4-3-8(5-12(11)20-2)10-6-9(16(17)18)7-13(14)15-10/h3-7H,1-2H3,(H2,14,15). The average molecular weight is 275 g/mol. The van der Waals surface area contributed by atoms with Crippen molar-refractivity contribution in [3.05, 3.63) is 40.4 Å². The summed E-state index contributed by atoms with van der Waals surface area (Å²) in [6.45, 7) is 0. The van der Waals surface area contributed by atoms with Crippen LogP contribution in [0.4, 0.5) is 11.5 Å². The van der Waals surface area contributed by atoms with Crippen LogP contribution < -0.4 is 15.2 Å². The van der Waals surface area contributed by atoms with Crippen molar-refractivity contribution in [1.82, 2.24) is 4.98 Å². The summed E-state index contributed by atoms with van der Waals surface area (Å²) < 4.78 is 10.3. The van der Waals surface area contributed by atoms with Crippen molar-refractivity contribution in [3.8, 4) is 22.8 Å². The molecule has 0 bridgehead atoms. The fourth-order valence-corrected chi connectivity index (χ4v) is 1.79. The van der Waals surface area contributed by atoms with Gasteiger partial charge in [0.1, 0.15) is 5.82 Å². The molecule has 0 saturated heterocycles. The number of anilines is 1. The lowest BCUT2D eigenvalue weighted by atomic mass is 10.1. The van der Waals surface area contributed by atoms with Gasteiger partial charge in [0, 0.05) is 11.6 Å². The van der Waals surface area contributed by atoms with Gasteiger partial charge in [-0.2, -0.15) is 0 Å². The summed E-state index contributed by atoms with van der Waals surface area (Å²) in [5.41, 5.74) is 6.53. The van der Waals surface area contributed by atoms with Gasteiger partial charge in [0.2, 0.25) is 0 Å². The van der Waals surface area contributed by atoms with Crippen molar-refractivity contribution < 1.29 is 14.4 Å². The molecular weight excluding hydrogens is 262 g/mol. The Morgan fingerprint density at radius 2 is 1.85 bits per heavy atom. The fraction of sp³-hybridized carbons (Fsp3) is 0.154. The van der Waals surface area contributed by atoms with E-state index in [1.807, 2.05) is 0 Å². The molecule has 0 amide bonds. The second-order valence-electron chi connectivity index (χ2n) is 3.96. The summed E-state index contributed by atoms with van der Waals surface area (Å²) in [6, 6.07) is 7.68. The van der Waals surface area contributed by atoms with Crippen LogP contribution in [0.5, 0.6) is 11.5 Å². The normalized spacial score (nSPS) is 10.1. The van der Waals surface area contributed by atoms with Gasteiger partial charge in [-0.3, -0.25) is 10.1 Å². The number of pyridine rings is 1. The van der Waals surface area contributed by atoms with E-state index in [0.717, 1.165) is 0 Å². The molecule has 2 N–H and O–H groups in total. The second-order valence-corrected chi connectivity index (χ2v) is 3.96. The Balaban J connectivity index is 2.53. The Morgan fingerprint density at radius 3 is 2.45 bits per heavy atom. The number of hydrogen-bond donors (Lipinski definition) is 1. The largest absolute Gasteiger partial charge is 0.493 e. The third-order valence-corrected chi connectivity index (χ3v) is 2.72. The van der Waals surface area contributed by atoms with Crippen molar-refractivity contribution >= 4 is 11.5 Å². The van der Waals surface area contributed by atoms with Gasteiger partial charge in [-0.05, 0) is 18.2 Å². The molecule has 0 fully saturated rings. The van der Waals surface area contributed by atoms with Crippen LogP contribution in [0.3, 0.4) is 0 Å². The van der Waals surface area contributed by atoms with Gasteiger partial charge in [0.05, 0.1) is 30.9 Å². The van der Waals surface area contributed by atoms with Crippen molar-refractivity contribution in [2.75, 3.05) is 20.0 Å². The van der Waals surface area contributed by atoms with Gasteiger partial charge in [-0.15, -0.1) is 0 Å². The lowest BCUT2D eigenvalue weighted by molar-refractivity contribution is -0.384. The SMILES string of the molecule is COc1ccc(-c2cc([N+](=O)[O-])cc(N)n2)cc1OC. The molecule has 0 saturated carbocycles. The summed E-state index contributed by atoms with van der Waals surface area (Å²) in [6.07, 6.45) is 0. The zero-order valence-electron chi connectivity index (χ0n) is 11.0. The van der Waals surface area contributed by atoms with E-state index >= 15 is 0 Å². The van der Waals surface area contributed by atoms with Crippen LogP contribution in [0, 0.1) is 10.1 Å². The predicted octanol–water partition coefficient (Wildman–Crippen LogP) is 2.26. The molecule has 104 valence electrons. The minimum absolute atomic E-state index is 0.0870. The van der Waals surface area contributed by atoms with Gasteiger partial charge in [0.15, 0.2) is 11.5 Å². The molecule has 0 unspecified atom stereocenters. The molecule has 0 aliphatic rings. The summed E-state index contributed by atoms with van der Waals surface area (Å²) in [4.78, 5) is 14.4. The zero-order chi connectivity index (χ0) is 14.7. The fourth-order valence-electron chi connectivity index (χ4n) is 1.79. The van der Waals surface area contributed by atoms with Crippen LogP contribution in [0.15, 0.2) is 30.3 Å². The first kappa shape index (κ1) is 13.6. The van der Waals surface area contributed by atoms with E-state index in [1.54, 1.807) is 18.2 Å². The molecule has 0 spiro atoms. The molecule has 2 rings (SSSR count). The highest BCUT2D eigenvalue weighted by atomic mass is 16.6. The Kier molecular flexibility index (Phi) is 3.69. The summed E-state index contributed by atoms with van der Waals surface area (Å²) in [5, 5.41) is 10.8. The van der Waals surface area contributed by atoms with Crippen molar-refractivity contribution in [3.63, 3.8) is 0 Å². The first-order valence-electron chi connectivity index (χ1n) is 5.69. The molecule has 20 heavy (non-hydrogen) atoms. The van der Waals surface area contributed by atoms with E-state index < -0.39 is 4.92 Å². The maximum Gasteiger partial charge on any atom is 0.275 e. The van der Waals surface area contributed by atoms with E-state index in [2.05, 4.69) is 4.98 Å². The summed E-state index contributed by atoms with van der Waals surface area (Å²) >= 11 is 0. The molecule has 0 atom stereocenters. The number of nitro groups is 1. The lowest BCUT2D eigenvalue weighted by Gasteiger charge is -2.09. The van der Waals surface area contributed by atoms with E-state index in [9.17, 15) is 10.1 Å². The zero-order valence-corrected chi connectivity index (χ0v) is 11.0. The number of nitrogen functional groups attached to an aromatic ring is 1. The van der Waals surface area contributed by atoms with Gasteiger partial charge < -0.3 is 15.2 Å². The maximum absolute atomic E-state index is 10.8. The molecule has 0 aliphatic heterocycles. The highest BCUT2D eigenvalue weighted by molar-refractivity contribution is 5.67. The molecular formula is C13H13N3O4. The molecule has 1 heterocycles. The number of hydrogen-bond acceptors (Lipinski definition) is 6. The Morgan fingerprint density at radius 1 is 1.15 bits per heavy atom. The molecule has 0 aliphatic carbocycles. The van der Waals surface area contributed by atoms with Gasteiger partial charge in [0.25, 0.3) is 5.69 Å². The number of aromatic nitrogens is 1. The second kappa shape index (κ2) is 5.43. The third-order valence-electron chi connectivity index (χ3n) is 2.72. The number of benzene rings is 1. The number of nitrogens with zero attached hydrogens (tertiary/aromatic N) is 2. The van der Waals surface area contributed by atoms with Crippen LogP contribution in [-0.4, -0.2) is 24.1 Å². The number of ether oxygens (including phenoxy) is 2. The van der Waals surface area contributed by atoms with Crippen LogP contribution in [0.1, 0.15) is 0 Å². The molecule has 1 aromatic heterocycles. The minimum Gasteiger partial charge on any atom is -0.493 e. The first-order valence-corrected chi connectivity index (χ1v) is 5.69. The smallest absolute Gasteiger partial charge is 0.275 e. The first-order chi connectivity index (χ1) is 9.55. The van der Waals surface area contributed by atoms with E-state index in [-0.39, 0.29) is 11.5 Å². The van der Waals surface area contributed by atoms with Crippen LogP contribution in [0.25, 0.3) is 11.3 Å². The molecule has 0 radical (unpaired) electrons. The quantitative estimate of drug-likeness (QED) is 0.678. The topological polar surface area (TPSA) is 101 Å². The number of nitrogens with two attached hydrogens (primary N) is 1. The number of rotatable bonds is 4. The monoisotopic (exact) mass is 275 g/mol. The average Bonchev–Trinajstić information content (AvgIpc) is 2.45. The van der Waals surface area contributed by atoms with Crippen LogP contribution in [-0.2, 0) is 0 Å². The summed E-state index contributed by atoms with van der Waals surface area (Å²) in [5.74, 6) is 1.16. The molecule has 7 heteroatoms. The van der Waals surface area contributed by atoms with E-state index in [1.165, 1.54) is 26.4 Å². The van der Waals surface area contributed by atoms with Crippen molar-refractivity contribution in [1.29, 1.82) is 0 Å². The minimum atomic E-state index is -0.512. The van der Waals surface area contributed by atoms with E-state index in [0.29, 0.717) is 22.8 Å². The molecule has 7 nitrogen and oxygen atoms in total. The van der Waals surface area contributed by atoms with Crippen molar-refractivity contribution in [2.45, 2.75) is 0 Å². The van der Waals surface area contributed by atoms with Crippen LogP contribution >= 0.6 is 0 Å². The van der Waals surface area contributed by atoms with Crippen LogP contribution in [0.2, 0.25) is 0 Å². The highest BCUT2D eigenvalue weighted by Gasteiger charge is 2.13. The summed E-state index contributed by atoms with van der Waals surface area (Å²) in [7, 11) is 3.04.